The average molecular weight is 455 g/mol. The molecule has 2 aromatic rings. The Hall–Kier alpha value is -3.17. The first-order valence-corrected chi connectivity index (χ1v) is 11.4. The summed E-state index contributed by atoms with van der Waals surface area (Å²) < 4.78 is 10.7. The summed E-state index contributed by atoms with van der Waals surface area (Å²) in [6.07, 6.45) is 1.25. The smallest absolute Gasteiger partial charge is 0.411 e. The molecule has 0 aliphatic carbocycles. The number of carbonyl (C=O) groups is 1. The van der Waals surface area contributed by atoms with Gasteiger partial charge in [-0.25, -0.2) is 4.79 Å². The summed E-state index contributed by atoms with van der Waals surface area (Å²) in [6, 6.07) is 14.8. The van der Waals surface area contributed by atoms with E-state index in [4.69, 9.17) is 9.47 Å². The molecule has 0 bridgehead atoms. The van der Waals surface area contributed by atoms with Crippen LogP contribution in [0.2, 0.25) is 0 Å². The third-order valence-corrected chi connectivity index (χ3v) is 6.35. The Morgan fingerprint density at radius 3 is 2.64 bits per heavy atom. The van der Waals surface area contributed by atoms with Gasteiger partial charge in [0.25, 0.3) is 5.69 Å². The maximum Gasteiger partial charge on any atom is 0.411 e. The molecule has 0 aromatic heterocycles. The monoisotopic (exact) mass is 454 g/mol. The summed E-state index contributed by atoms with van der Waals surface area (Å²) in [6.45, 7) is 6.41. The zero-order valence-corrected chi connectivity index (χ0v) is 18.8. The zero-order valence-electron chi connectivity index (χ0n) is 18.8. The minimum atomic E-state index is -0.652. The molecular formula is C24H30N4O5. The molecule has 0 spiro atoms. The molecule has 2 aromatic carbocycles. The number of hydrogen-bond donors (Lipinski definition) is 1. The van der Waals surface area contributed by atoms with Crippen molar-refractivity contribution in [1.29, 1.82) is 0 Å². The molecule has 2 unspecified atom stereocenters. The number of nitrogens with zero attached hydrogens (tertiary/aromatic N) is 3. The van der Waals surface area contributed by atoms with Gasteiger partial charge in [-0.2, -0.15) is 0 Å². The molecule has 2 atom stereocenters. The predicted molar refractivity (Wildman–Crippen MR) is 126 cm³/mol. The van der Waals surface area contributed by atoms with Crippen molar-refractivity contribution in [1.82, 2.24) is 4.90 Å². The fraction of sp³-hybridized carbons (Fsp3) is 0.458. The van der Waals surface area contributed by atoms with E-state index in [-0.39, 0.29) is 18.3 Å². The fourth-order valence-electron chi connectivity index (χ4n) is 4.65. The first-order chi connectivity index (χ1) is 16.0. The van der Waals surface area contributed by atoms with Crippen molar-refractivity contribution in [3.8, 4) is 0 Å². The first-order valence-electron chi connectivity index (χ1n) is 11.4. The van der Waals surface area contributed by atoms with E-state index < -0.39 is 11.0 Å². The van der Waals surface area contributed by atoms with E-state index in [2.05, 4.69) is 22.0 Å². The Morgan fingerprint density at radius 2 is 1.94 bits per heavy atom. The average Bonchev–Trinajstić information content (AvgIpc) is 2.84. The molecule has 1 N–H and O–H groups in total. The van der Waals surface area contributed by atoms with Crippen molar-refractivity contribution in [2.24, 2.45) is 0 Å². The molecule has 4 rings (SSSR count). The van der Waals surface area contributed by atoms with Gasteiger partial charge in [0.2, 0.25) is 0 Å². The first kappa shape index (κ1) is 23.0. The molecular weight excluding hydrogens is 424 g/mol. The number of carbonyl (C=O) groups excluding carboxylic acids is 1. The van der Waals surface area contributed by atoms with Crippen molar-refractivity contribution >= 4 is 23.2 Å². The summed E-state index contributed by atoms with van der Waals surface area (Å²) in [7, 11) is 0. The summed E-state index contributed by atoms with van der Waals surface area (Å²) in [5.41, 5.74) is 1.76. The molecule has 33 heavy (non-hydrogen) atoms. The lowest BCUT2D eigenvalue weighted by Gasteiger charge is -2.44. The number of anilines is 2. The van der Waals surface area contributed by atoms with Crippen molar-refractivity contribution in [3.05, 3.63) is 64.2 Å². The van der Waals surface area contributed by atoms with Crippen molar-refractivity contribution in [2.75, 3.05) is 43.1 Å². The van der Waals surface area contributed by atoms with E-state index in [9.17, 15) is 14.9 Å². The highest BCUT2D eigenvalue weighted by Crippen LogP contribution is 2.36. The molecule has 9 heteroatoms. The largest absolute Gasteiger partial charge is 0.444 e. The number of nitro benzene ring substituents is 1. The summed E-state index contributed by atoms with van der Waals surface area (Å²) in [5, 5.41) is 14.4. The van der Waals surface area contributed by atoms with E-state index in [1.165, 1.54) is 6.07 Å². The molecule has 2 aliphatic heterocycles. The highest BCUT2D eigenvalue weighted by atomic mass is 16.6. The van der Waals surface area contributed by atoms with Crippen LogP contribution < -0.4 is 10.2 Å². The lowest BCUT2D eigenvalue weighted by atomic mass is 9.95. The van der Waals surface area contributed by atoms with Crippen LogP contribution in [0.15, 0.2) is 48.5 Å². The van der Waals surface area contributed by atoms with E-state index in [1.54, 1.807) is 12.1 Å². The predicted octanol–water partition coefficient (Wildman–Crippen LogP) is 4.03. The van der Waals surface area contributed by atoms with Crippen LogP contribution in [0.4, 0.5) is 21.9 Å². The number of rotatable bonds is 6. The van der Waals surface area contributed by atoms with Gasteiger partial charge in [-0.05, 0) is 37.5 Å². The van der Waals surface area contributed by atoms with E-state index in [0.717, 1.165) is 51.3 Å². The van der Waals surface area contributed by atoms with Crippen LogP contribution in [0, 0.1) is 10.1 Å². The van der Waals surface area contributed by atoms with Crippen LogP contribution in [0.25, 0.3) is 0 Å². The number of morpholine rings is 1. The lowest BCUT2D eigenvalue weighted by molar-refractivity contribution is -0.384. The second-order valence-corrected chi connectivity index (χ2v) is 8.52. The standard InChI is InChI=1S/C24H30N4O5/c1-18-15-21(26-11-13-32-14-12-26)9-10-27(18)22-8-7-20(16-23(22)28(30)31)25-24(29)33-17-19-5-3-2-4-6-19/h2-8,16,18,21H,9-15,17H2,1H3,(H,25,29). The van der Waals surface area contributed by atoms with E-state index >= 15 is 0 Å². The number of benzene rings is 2. The van der Waals surface area contributed by atoms with Gasteiger partial charge in [0.1, 0.15) is 12.3 Å². The number of nitro groups is 1. The van der Waals surface area contributed by atoms with Crippen molar-refractivity contribution in [3.63, 3.8) is 0 Å². The third-order valence-electron chi connectivity index (χ3n) is 6.35. The number of piperidine rings is 1. The molecule has 2 saturated heterocycles. The van der Waals surface area contributed by atoms with Crippen LogP contribution in [0.3, 0.4) is 0 Å². The second kappa shape index (κ2) is 10.6. The molecule has 1 amide bonds. The van der Waals surface area contributed by atoms with Gasteiger partial charge in [0.15, 0.2) is 0 Å². The third kappa shape index (κ3) is 5.80. The van der Waals surface area contributed by atoms with Crippen LogP contribution >= 0.6 is 0 Å². The second-order valence-electron chi connectivity index (χ2n) is 8.52. The van der Waals surface area contributed by atoms with Gasteiger partial charge in [-0.1, -0.05) is 30.3 Å². The summed E-state index contributed by atoms with van der Waals surface area (Å²) >= 11 is 0. The molecule has 2 aliphatic rings. The summed E-state index contributed by atoms with van der Waals surface area (Å²) in [4.78, 5) is 28.2. The van der Waals surface area contributed by atoms with Crippen LogP contribution in [-0.4, -0.2) is 60.8 Å². The maximum absolute atomic E-state index is 12.2. The SMILES string of the molecule is CC1CC(N2CCOCC2)CCN1c1ccc(NC(=O)OCc2ccccc2)cc1[N+](=O)[O-]. The molecule has 9 nitrogen and oxygen atoms in total. The minimum Gasteiger partial charge on any atom is -0.444 e. The topological polar surface area (TPSA) is 97.2 Å². The molecule has 0 saturated carbocycles. The van der Waals surface area contributed by atoms with Gasteiger partial charge < -0.3 is 14.4 Å². The van der Waals surface area contributed by atoms with Gasteiger partial charge in [-0.3, -0.25) is 20.3 Å². The molecule has 2 fully saturated rings. The Balaban J connectivity index is 1.40. The Labute approximate surface area is 193 Å². The van der Waals surface area contributed by atoms with Gasteiger partial charge >= 0.3 is 6.09 Å². The zero-order chi connectivity index (χ0) is 23.2. The number of hydrogen-bond acceptors (Lipinski definition) is 7. The Morgan fingerprint density at radius 1 is 1.18 bits per heavy atom. The lowest BCUT2D eigenvalue weighted by Crippen LogP contribution is -2.52. The Kier molecular flexibility index (Phi) is 7.41. The molecule has 176 valence electrons. The van der Waals surface area contributed by atoms with Gasteiger partial charge in [0.05, 0.1) is 23.8 Å². The van der Waals surface area contributed by atoms with Crippen LogP contribution in [0.5, 0.6) is 0 Å². The van der Waals surface area contributed by atoms with E-state index in [0.29, 0.717) is 17.4 Å². The van der Waals surface area contributed by atoms with E-state index in [1.807, 2.05) is 30.3 Å². The normalized spacial score (nSPS) is 21.4. The minimum absolute atomic E-state index is 0.0208. The van der Waals surface area contributed by atoms with Crippen molar-refractivity contribution < 1.29 is 19.2 Å². The fourth-order valence-corrected chi connectivity index (χ4v) is 4.65. The van der Waals surface area contributed by atoms with Crippen LogP contribution in [0.1, 0.15) is 25.3 Å². The van der Waals surface area contributed by atoms with Crippen molar-refractivity contribution in [2.45, 2.75) is 38.5 Å². The number of amides is 1. The molecule has 0 radical (unpaired) electrons. The van der Waals surface area contributed by atoms with Gasteiger partial charge in [-0.15, -0.1) is 0 Å². The maximum atomic E-state index is 12.2. The highest BCUT2D eigenvalue weighted by Gasteiger charge is 2.33. The van der Waals surface area contributed by atoms with Gasteiger partial charge in [0, 0.05) is 37.8 Å². The Bertz CT molecular complexity index is 965. The van der Waals surface area contributed by atoms with Crippen LogP contribution in [-0.2, 0) is 16.1 Å². The number of ether oxygens (including phenoxy) is 2. The summed E-state index contributed by atoms with van der Waals surface area (Å²) in [5.74, 6) is 0. The quantitative estimate of drug-likeness (QED) is 0.520. The highest BCUT2D eigenvalue weighted by molar-refractivity contribution is 5.86. The number of nitrogens with one attached hydrogen (secondary N) is 1. The molecule has 2 heterocycles.